The average molecular weight is 259 g/mol. The molecule has 3 atom stereocenters. The molecule has 2 N–H and O–H groups in total. The number of benzene rings is 1. The molecule has 0 aromatic heterocycles. The Labute approximate surface area is 118 Å². The summed E-state index contributed by atoms with van der Waals surface area (Å²) in [5.74, 6) is 2.01. The lowest BCUT2D eigenvalue weighted by Crippen LogP contribution is -2.51. The van der Waals surface area contributed by atoms with E-state index in [9.17, 15) is 0 Å². The second-order valence-electron chi connectivity index (χ2n) is 7.09. The van der Waals surface area contributed by atoms with Gasteiger partial charge in [-0.1, -0.05) is 58.4 Å². The van der Waals surface area contributed by atoms with Crippen LogP contribution in [0.25, 0.3) is 0 Å². The zero-order chi connectivity index (χ0) is 14.0. The Bertz CT molecular complexity index is 406. The van der Waals surface area contributed by atoms with Gasteiger partial charge in [-0.3, -0.25) is 0 Å². The SMILES string of the molecule is CC1CCC(C)C(N)(Cc2ccc(C(C)C)cc2)C1. The third-order valence-electron chi connectivity index (χ3n) is 4.98. The van der Waals surface area contributed by atoms with Crippen LogP contribution in [0, 0.1) is 11.8 Å². The molecule has 1 aliphatic rings. The van der Waals surface area contributed by atoms with Crippen molar-refractivity contribution < 1.29 is 0 Å². The Morgan fingerprint density at radius 2 is 1.79 bits per heavy atom. The summed E-state index contributed by atoms with van der Waals surface area (Å²) < 4.78 is 0. The van der Waals surface area contributed by atoms with Gasteiger partial charge < -0.3 is 5.73 Å². The molecule has 0 heterocycles. The van der Waals surface area contributed by atoms with E-state index in [1.165, 1.54) is 30.4 Å². The molecule has 0 saturated heterocycles. The van der Waals surface area contributed by atoms with Gasteiger partial charge in [-0.15, -0.1) is 0 Å². The number of rotatable bonds is 3. The maximum Gasteiger partial charge on any atom is 0.0223 e. The molecule has 106 valence electrons. The number of hydrogen-bond acceptors (Lipinski definition) is 1. The lowest BCUT2D eigenvalue weighted by atomic mass is 9.68. The fraction of sp³-hybridized carbons (Fsp3) is 0.667. The maximum absolute atomic E-state index is 6.72. The van der Waals surface area contributed by atoms with Crippen LogP contribution in [0.1, 0.15) is 64.0 Å². The molecule has 2 rings (SSSR count). The van der Waals surface area contributed by atoms with Gasteiger partial charge in [0.15, 0.2) is 0 Å². The van der Waals surface area contributed by atoms with Crippen LogP contribution in [-0.2, 0) is 6.42 Å². The number of hydrogen-bond donors (Lipinski definition) is 1. The van der Waals surface area contributed by atoms with Crippen molar-refractivity contribution in [3.05, 3.63) is 35.4 Å². The molecular weight excluding hydrogens is 230 g/mol. The van der Waals surface area contributed by atoms with Crippen LogP contribution in [0.15, 0.2) is 24.3 Å². The first-order chi connectivity index (χ1) is 8.90. The average Bonchev–Trinajstić information content (AvgIpc) is 2.35. The highest BCUT2D eigenvalue weighted by Gasteiger charge is 2.36. The van der Waals surface area contributed by atoms with Crippen LogP contribution in [-0.4, -0.2) is 5.54 Å². The Balaban J connectivity index is 2.10. The molecule has 0 bridgehead atoms. The summed E-state index contributed by atoms with van der Waals surface area (Å²) in [7, 11) is 0. The summed E-state index contributed by atoms with van der Waals surface area (Å²) in [4.78, 5) is 0. The van der Waals surface area contributed by atoms with E-state index in [1.54, 1.807) is 0 Å². The van der Waals surface area contributed by atoms with E-state index in [-0.39, 0.29) is 5.54 Å². The van der Waals surface area contributed by atoms with Gasteiger partial charge in [-0.25, -0.2) is 0 Å². The van der Waals surface area contributed by atoms with Gasteiger partial charge in [0, 0.05) is 5.54 Å². The van der Waals surface area contributed by atoms with Gasteiger partial charge in [0.2, 0.25) is 0 Å². The topological polar surface area (TPSA) is 26.0 Å². The van der Waals surface area contributed by atoms with Gasteiger partial charge >= 0.3 is 0 Å². The van der Waals surface area contributed by atoms with E-state index in [0.29, 0.717) is 11.8 Å². The second kappa shape index (κ2) is 5.66. The highest BCUT2D eigenvalue weighted by Crippen LogP contribution is 2.37. The Morgan fingerprint density at radius 1 is 1.16 bits per heavy atom. The van der Waals surface area contributed by atoms with Gasteiger partial charge in [0.25, 0.3) is 0 Å². The Hall–Kier alpha value is -0.820. The molecule has 1 saturated carbocycles. The van der Waals surface area contributed by atoms with Crippen molar-refractivity contribution >= 4 is 0 Å². The molecule has 0 aliphatic heterocycles. The van der Waals surface area contributed by atoms with Crippen molar-refractivity contribution in [2.24, 2.45) is 17.6 Å². The van der Waals surface area contributed by atoms with Crippen LogP contribution in [0.5, 0.6) is 0 Å². The minimum Gasteiger partial charge on any atom is -0.325 e. The molecule has 1 heteroatoms. The summed E-state index contributed by atoms with van der Waals surface area (Å²) in [5.41, 5.74) is 9.53. The number of nitrogens with two attached hydrogens (primary N) is 1. The van der Waals surface area contributed by atoms with Crippen molar-refractivity contribution in [1.29, 1.82) is 0 Å². The van der Waals surface area contributed by atoms with Gasteiger partial charge in [-0.05, 0) is 48.1 Å². The van der Waals surface area contributed by atoms with Gasteiger partial charge in [-0.2, -0.15) is 0 Å². The molecule has 3 unspecified atom stereocenters. The molecule has 0 amide bonds. The maximum atomic E-state index is 6.72. The van der Waals surface area contributed by atoms with Crippen molar-refractivity contribution in [3.63, 3.8) is 0 Å². The predicted octanol–water partition coefficient (Wildman–Crippen LogP) is 4.51. The van der Waals surface area contributed by atoms with E-state index in [4.69, 9.17) is 5.73 Å². The predicted molar refractivity (Wildman–Crippen MR) is 83.3 cm³/mol. The zero-order valence-electron chi connectivity index (χ0n) is 12.9. The lowest BCUT2D eigenvalue weighted by Gasteiger charge is -2.42. The molecule has 1 nitrogen and oxygen atoms in total. The molecule has 1 aromatic rings. The normalized spacial score (nSPS) is 31.7. The lowest BCUT2D eigenvalue weighted by molar-refractivity contribution is 0.161. The zero-order valence-corrected chi connectivity index (χ0v) is 12.9. The van der Waals surface area contributed by atoms with Crippen LogP contribution in [0.3, 0.4) is 0 Å². The van der Waals surface area contributed by atoms with Crippen molar-refractivity contribution in [2.75, 3.05) is 0 Å². The summed E-state index contributed by atoms with van der Waals surface area (Å²) in [6.07, 6.45) is 4.81. The first-order valence-electron chi connectivity index (χ1n) is 7.78. The monoisotopic (exact) mass is 259 g/mol. The summed E-state index contributed by atoms with van der Waals surface area (Å²) in [6, 6.07) is 9.08. The second-order valence-corrected chi connectivity index (χ2v) is 7.09. The Kier molecular flexibility index (Phi) is 4.35. The molecule has 1 aromatic carbocycles. The van der Waals surface area contributed by atoms with Crippen LogP contribution >= 0.6 is 0 Å². The molecule has 19 heavy (non-hydrogen) atoms. The fourth-order valence-corrected chi connectivity index (χ4v) is 3.42. The van der Waals surface area contributed by atoms with E-state index in [1.807, 2.05) is 0 Å². The summed E-state index contributed by atoms with van der Waals surface area (Å²) in [6.45, 7) is 9.15. The highest BCUT2D eigenvalue weighted by molar-refractivity contribution is 5.26. The first-order valence-corrected chi connectivity index (χ1v) is 7.78. The third-order valence-corrected chi connectivity index (χ3v) is 4.98. The van der Waals surface area contributed by atoms with Gasteiger partial charge in [0.05, 0.1) is 0 Å². The third kappa shape index (κ3) is 3.39. The molecular formula is C18H29N. The largest absolute Gasteiger partial charge is 0.325 e. The molecule has 1 aliphatic carbocycles. The minimum absolute atomic E-state index is 0.00296. The van der Waals surface area contributed by atoms with E-state index >= 15 is 0 Å². The molecule has 0 radical (unpaired) electrons. The van der Waals surface area contributed by atoms with Crippen LogP contribution in [0.2, 0.25) is 0 Å². The van der Waals surface area contributed by atoms with Crippen molar-refractivity contribution in [3.8, 4) is 0 Å². The quantitative estimate of drug-likeness (QED) is 0.849. The summed E-state index contributed by atoms with van der Waals surface area (Å²) in [5, 5.41) is 0. The molecule has 1 fully saturated rings. The van der Waals surface area contributed by atoms with E-state index in [0.717, 1.165) is 12.3 Å². The Morgan fingerprint density at radius 3 is 2.37 bits per heavy atom. The van der Waals surface area contributed by atoms with Crippen LogP contribution < -0.4 is 5.73 Å². The highest BCUT2D eigenvalue weighted by atomic mass is 14.8. The van der Waals surface area contributed by atoms with Crippen LogP contribution in [0.4, 0.5) is 0 Å². The van der Waals surface area contributed by atoms with Crippen molar-refractivity contribution in [1.82, 2.24) is 0 Å². The standard InChI is InChI=1S/C18H29N/c1-13(2)17-9-7-16(8-10-17)12-18(19)11-14(3)5-6-15(18)4/h7-10,13-15H,5-6,11-12,19H2,1-4H3. The van der Waals surface area contributed by atoms with E-state index < -0.39 is 0 Å². The smallest absolute Gasteiger partial charge is 0.0223 e. The fourth-order valence-electron chi connectivity index (χ4n) is 3.42. The minimum atomic E-state index is -0.00296. The van der Waals surface area contributed by atoms with E-state index in [2.05, 4.69) is 52.0 Å². The van der Waals surface area contributed by atoms with Crippen molar-refractivity contribution in [2.45, 2.75) is 64.8 Å². The summed E-state index contributed by atoms with van der Waals surface area (Å²) >= 11 is 0. The first kappa shape index (κ1) is 14.6. The van der Waals surface area contributed by atoms with Gasteiger partial charge in [0.1, 0.15) is 0 Å². The molecule has 0 spiro atoms.